The van der Waals surface area contributed by atoms with E-state index in [1.165, 1.54) is 0 Å². The van der Waals surface area contributed by atoms with Gasteiger partial charge in [0.1, 0.15) is 0 Å². The third-order valence-electron chi connectivity index (χ3n) is 3.42. The van der Waals surface area contributed by atoms with E-state index in [0.29, 0.717) is 17.4 Å². The van der Waals surface area contributed by atoms with Crippen molar-refractivity contribution in [2.24, 2.45) is 5.92 Å². The SMILES string of the molecule is CC(C)N(CC1CC1)S(=O)(=O)c1ccc(CO)cc1. The molecule has 0 aliphatic heterocycles. The average molecular weight is 283 g/mol. The number of rotatable bonds is 6. The number of nitrogens with zero attached hydrogens (tertiary/aromatic N) is 1. The van der Waals surface area contributed by atoms with Crippen molar-refractivity contribution >= 4 is 10.0 Å². The van der Waals surface area contributed by atoms with Crippen molar-refractivity contribution in [1.82, 2.24) is 4.31 Å². The second kappa shape index (κ2) is 5.61. The van der Waals surface area contributed by atoms with Crippen molar-refractivity contribution in [2.45, 2.75) is 44.2 Å². The summed E-state index contributed by atoms with van der Waals surface area (Å²) in [5, 5.41) is 9.00. The molecule has 0 heterocycles. The molecule has 1 N–H and O–H groups in total. The van der Waals surface area contributed by atoms with Gasteiger partial charge in [0.15, 0.2) is 0 Å². The molecule has 106 valence electrons. The number of sulfonamides is 1. The number of aliphatic hydroxyl groups excluding tert-OH is 1. The fraction of sp³-hybridized carbons (Fsp3) is 0.571. The van der Waals surface area contributed by atoms with Gasteiger partial charge < -0.3 is 5.11 Å². The molecule has 0 aromatic heterocycles. The molecule has 0 amide bonds. The zero-order valence-corrected chi connectivity index (χ0v) is 12.2. The van der Waals surface area contributed by atoms with Crippen LogP contribution in [0, 0.1) is 5.92 Å². The lowest BCUT2D eigenvalue weighted by Crippen LogP contribution is -2.38. The van der Waals surface area contributed by atoms with Gasteiger partial charge in [0.25, 0.3) is 0 Å². The van der Waals surface area contributed by atoms with E-state index in [1.807, 2.05) is 13.8 Å². The topological polar surface area (TPSA) is 57.6 Å². The highest BCUT2D eigenvalue weighted by Crippen LogP contribution is 2.32. The highest BCUT2D eigenvalue weighted by molar-refractivity contribution is 7.89. The Bertz CT molecular complexity index is 518. The number of hydrogen-bond donors (Lipinski definition) is 1. The summed E-state index contributed by atoms with van der Waals surface area (Å²) in [6.45, 7) is 4.35. The fourth-order valence-electron chi connectivity index (χ4n) is 2.04. The van der Waals surface area contributed by atoms with Crippen LogP contribution in [0.1, 0.15) is 32.3 Å². The molecule has 1 aliphatic carbocycles. The van der Waals surface area contributed by atoms with Crippen LogP contribution >= 0.6 is 0 Å². The van der Waals surface area contributed by atoms with E-state index < -0.39 is 10.0 Å². The molecule has 0 bridgehead atoms. The summed E-state index contributed by atoms with van der Waals surface area (Å²) >= 11 is 0. The Kier molecular flexibility index (Phi) is 4.28. The first-order valence-electron chi connectivity index (χ1n) is 6.67. The van der Waals surface area contributed by atoms with Crippen molar-refractivity contribution in [3.63, 3.8) is 0 Å². The molecule has 0 atom stereocenters. The van der Waals surface area contributed by atoms with Gasteiger partial charge in [-0.15, -0.1) is 0 Å². The zero-order valence-electron chi connectivity index (χ0n) is 11.4. The fourth-order valence-corrected chi connectivity index (χ4v) is 3.76. The lowest BCUT2D eigenvalue weighted by molar-refractivity contribution is 0.281. The lowest BCUT2D eigenvalue weighted by Gasteiger charge is -2.26. The van der Waals surface area contributed by atoms with Crippen molar-refractivity contribution in [3.05, 3.63) is 29.8 Å². The van der Waals surface area contributed by atoms with E-state index in [1.54, 1.807) is 28.6 Å². The van der Waals surface area contributed by atoms with E-state index in [9.17, 15) is 8.42 Å². The highest BCUT2D eigenvalue weighted by atomic mass is 32.2. The van der Waals surface area contributed by atoms with Crippen molar-refractivity contribution in [3.8, 4) is 0 Å². The summed E-state index contributed by atoms with van der Waals surface area (Å²) in [5.74, 6) is 0.522. The standard InChI is InChI=1S/C14H21NO3S/c1-11(2)15(9-12-3-4-12)19(17,18)14-7-5-13(10-16)6-8-14/h5-8,11-12,16H,3-4,9-10H2,1-2H3. The summed E-state index contributed by atoms with van der Waals surface area (Å²) in [6.07, 6.45) is 2.25. The summed E-state index contributed by atoms with van der Waals surface area (Å²) in [6, 6.07) is 6.42. The predicted octanol–water partition coefficient (Wildman–Crippen LogP) is 1.99. The first-order valence-corrected chi connectivity index (χ1v) is 8.11. The zero-order chi connectivity index (χ0) is 14.0. The Hall–Kier alpha value is -0.910. The summed E-state index contributed by atoms with van der Waals surface area (Å²) in [7, 11) is -3.43. The molecule has 1 aromatic carbocycles. The molecule has 19 heavy (non-hydrogen) atoms. The number of hydrogen-bond acceptors (Lipinski definition) is 3. The molecule has 1 saturated carbocycles. The second-order valence-electron chi connectivity index (χ2n) is 5.41. The van der Waals surface area contributed by atoms with Crippen LogP contribution in [0.25, 0.3) is 0 Å². The van der Waals surface area contributed by atoms with Gasteiger partial charge >= 0.3 is 0 Å². The largest absolute Gasteiger partial charge is 0.392 e. The Balaban J connectivity index is 2.26. The van der Waals surface area contributed by atoms with Crippen LogP contribution in [-0.4, -0.2) is 30.4 Å². The van der Waals surface area contributed by atoms with E-state index in [0.717, 1.165) is 18.4 Å². The van der Waals surface area contributed by atoms with Crippen LogP contribution in [0.15, 0.2) is 29.2 Å². The van der Waals surface area contributed by atoms with Gasteiger partial charge in [-0.2, -0.15) is 4.31 Å². The van der Waals surface area contributed by atoms with Crippen LogP contribution in [0.5, 0.6) is 0 Å². The Morgan fingerprint density at radius 3 is 2.26 bits per heavy atom. The molecule has 0 saturated heterocycles. The van der Waals surface area contributed by atoms with Crippen LogP contribution in [0.4, 0.5) is 0 Å². The van der Waals surface area contributed by atoms with Gasteiger partial charge in [-0.05, 0) is 50.3 Å². The highest BCUT2D eigenvalue weighted by Gasteiger charge is 2.33. The third-order valence-corrected chi connectivity index (χ3v) is 5.48. The minimum absolute atomic E-state index is 0.0388. The lowest BCUT2D eigenvalue weighted by atomic mass is 10.2. The summed E-state index contributed by atoms with van der Waals surface area (Å²) < 4.78 is 26.8. The van der Waals surface area contributed by atoms with Gasteiger partial charge in [-0.3, -0.25) is 0 Å². The first-order chi connectivity index (χ1) is 8.95. The molecule has 1 fully saturated rings. The third kappa shape index (κ3) is 3.35. The minimum atomic E-state index is -3.43. The van der Waals surface area contributed by atoms with Gasteiger partial charge in [-0.25, -0.2) is 8.42 Å². The van der Waals surface area contributed by atoms with E-state index in [2.05, 4.69) is 0 Å². The maximum absolute atomic E-state index is 12.6. The molecular weight excluding hydrogens is 262 g/mol. The van der Waals surface area contributed by atoms with Gasteiger partial charge in [0, 0.05) is 12.6 Å². The predicted molar refractivity (Wildman–Crippen MR) is 74.1 cm³/mol. The Morgan fingerprint density at radius 1 is 1.26 bits per heavy atom. The molecule has 0 radical (unpaired) electrons. The quantitative estimate of drug-likeness (QED) is 0.868. The van der Waals surface area contributed by atoms with Crippen molar-refractivity contribution in [1.29, 1.82) is 0 Å². The molecule has 0 unspecified atom stereocenters. The van der Waals surface area contributed by atoms with Crippen molar-refractivity contribution in [2.75, 3.05) is 6.54 Å². The molecule has 0 spiro atoms. The average Bonchev–Trinajstić information content (AvgIpc) is 3.19. The first kappa shape index (κ1) is 14.5. The van der Waals surface area contributed by atoms with Crippen LogP contribution in [-0.2, 0) is 16.6 Å². The maximum Gasteiger partial charge on any atom is 0.243 e. The smallest absolute Gasteiger partial charge is 0.243 e. The van der Waals surface area contributed by atoms with Crippen LogP contribution in [0.3, 0.4) is 0 Å². The molecule has 2 rings (SSSR count). The van der Waals surface area contributed by atoms with E-state index in [4.69, 9.17) is 5.11 Å². The van der Waals surface area contributed by atoms with E-state index >= 15 is 0 Å². The van der Waals surface area contributed by atoms with Gasteiger partial charge in [0.2, 0.25) is 10.0 Å². The van der Waals surface area contributed by atoms with Crippen molar-refractivity contribution < 1.29 is 13.5 Å². The molecule has 1 aromatic rings. The Labute approximate surface area is 115 Å². The van der Waals surface area contributed by atoms with Crippen LogP contribution < -0.4 is 0 Å². The normalized spacial score (nSPS) is 16.3. The number of benzene rings is 1. The molecular formula is C14H21NO3S. The van der Waals surface area contributed by atoms with Gasteiger partial charge in [-0.1, -0.05) is 12.1 Å². The minimum Gasteiger partial charge on any atom is -0.392 e. The summed E-state index contributed by atoms with van der Waals surface area (Å²) in [4.78, 5) is 0.305. The molecule has 5 heteroatoms. The maximum atomic E-state index is 12.6. The Morgan fingerprint density at radius 2 is 1.84 bits per heavy atom. The van der Waals surface area contributed by atoms with Crippen LogP contribution in [0.2, 0.25) is 0 Å². The number of aliphatic hydroxyl groups is 1. The molecule has 4 nitrogen and oxygen atoms in total. The monoisotopic (exact) mass is 283 g/mol. The van der Waals surface area contributed by atoms with E-state index in [-0.39, 0.29) is 12.6 Å². The molecule has 1 aliphatic rings. The summed E-state index contributed by atoms with van der Waals surface area (Å²) in [5.41, 5.74) is 0.720. The second-order valence-corrected chi connectivity index (χ2v) is 7.30. The van der Waals surface area contributed by atoms with Gasteiger partial charge in [0.05, 0.1) is 11.5 Å².